The zero-order valence-electron chi connectivity index (χ0n) is 11.6. The standard InChI is InChI=1S/C15H20FN3/c1-18(2)11-15-4-3-5-19(15)10-13-6-12(9-17)7-14(16)8-13/h6-8,15H,3-5,10-11H2,1-2H3. The number of halogens is 1. The molecule has 4 heteroatoms. The van der Waals surface area contributed by atoms with Crippen molar-refractivity contribution >= 4 is 0 Å². The number of benzene rings is 1. The molecule has 0 spiro atoms. The zero-order valence-corrected chi connectivity index (χ0v) is 11.6. The minimum Gasteiger partial charge on any atom is -0.308 e. The fourth-order valence-corrected chi connectivity index (χ4v) is 2.77. The van der Waals surface area contributed by atoms with E-state index < -0.39 is 0 Å². The first-order chi connectivity index (χ1) is 9.08. The fourth-order valence-electron chi connectivity index (χ4n) is 2.77. The second-order valence-corrected chi connectivity index (χ2v) is 5.49. The molecule has 0 bridgehead atoms. The molecule has 0 N–H and O–H groups in total. The summed E-state index contributed by atoms with van der Waals surface area (Å²) in [4.78, 5) is 4.57. The Morgan fingerprint density at radius 3 is 2.89 bits per heavy atom. The van der Waals surface area contributed by atoms with Crippen LogP contribution in [-0.2, 0) is 6.54 Å². The maximum atomic E-state index is 13.4. The van der Waals surface area contributed by atoms with E-state index in [-0.39, 0.29) is 5.82 Å². The Labute approximate surface area is 114 Å². The highest BCUT2D eigenvalue weighted by atomic mass is 19.1. The second-order valence-electron chi connectivity index (χ2n) is 5.49. The Morgan fingerprint density at radius 2 is 2.21 bits per heavy atom. The SMILES string of the molecule is CN(C)CC1CCCN1Cc1cc(F)cc(C#N)c1. The number of hydrogen-bond acceptors (Lipinski definition) is 3. The van der Waals surface area contributed by atoms with E-state index >= 15 is 0 Å². The molecule has 1 heterocycles. The van der Waals surface area contributed by atoms with E-state index in [4.69, 9.17) is 5.26 Å². The number of nitriles is 1. The van der Waals surface area contributed by atoms with Gasteiger partial charge in [0.15, 0.2) is 0 Å². The van der Waals surface area contributed by atoms with Crippen molar-refractivity contribution in [2.45, 2.75) is 25.4 Å². The lowest BCUT2D eigenvalue weighted by atomic mass is 10.1. The highest BCUT2D eigenvalue weighted by molar-refractivity contribution is 5.33. The zero-order chi connectivity index (χ0) is 13.8. The van der Waals surface area contributed by atoms with Crippen molar-refractivity contribution in [3.63, 3.8) is 0 Å². The van der Waals surface area contributed by atoms with E-state index in [1.54, 1.807) is 6.07 Å². The Kier molecular flexibility index (Phi) is 4.52. The van der Waals surface area contributed by atoms with Gasteiger partial charge in [-0.05, 0) is 57.2 Å². The summed E-state index contributed by atoms with van der Waals surface area (Å²) in [5.74, 6) is -0.322. The first-order valence-electron chi connectivity index (χ1n) is 6.67. The molecule has 1 aliphatic heterocycles. The van der Waals surface area contributed by atoms with Crippen molar-refractivity contribution in [1.29, 1.82) is 5.26 Å². The van der Waals surface area contributed by atoms with Crippen LogP contribution in [-0.4, -0.2) is 43.0 Å². The Balaban J connectivity index is 2.08. The number of nitrogens with zero attached hydrogens (tertiary/aromatic N) is 3. The van der Waals surface area contributed by atoms with Crippen LogP contribution in [0.25, 0.3) is 0 Å². The van der Waals surface area contributed by atoms with Crippen LogP contribution in [0.5, 0.6) is 0 Å². The highest BCUT2D eigenvalue weighted by Crippen LogP contribution is 2.21. The molecule has 1 aliphatic rings. The van der Waals surface area contributed by atoms with E-state index in [0.717, 1.165) is 25.2 Å². The Hall–Kier alpha value is -1.44. The third kappa shape index (κ3) is 3.76. The van der Waals surface area contributed by atoms with E-state index in [0.29, 0.717) is 11.6 Å². The van der Waals surface area contributed by atoms with E-state index in [2.05, 4.69) is 23.9 Å². The van der Waals surface area contributed by atoms with Gasteiger partial charge in [-0.1, -0.05) is 0 Å². The molecule has 102 valence electrons. The summed E-state index contributed by atoms with van der Waals surface area (Å²) in [6.07, 6.45) is 2.39. The van der Waals surface area contributed by atoms with Crippen molar-refractivity contribution in [2.75, 3.05) is 27.2 Å². The molecule has 0 saturated carbocycles. The Morgan fingerprint density at radius 1 is 1.42 bits per heavy atom. The van der Waals surface area contributed by atoms with Gasteiger partial charge in [-0.3, -0.25) is 4.90 Å². The predicted octanol–water partition coefficient (Wildman–Crippen LogP) is 2.22. The predicted molar refractivity (Wildman–Crippen MR) is 73.1 cm³/mol. The van der Waals surface area contributed by atoms with Crippen LogP contribution in [0.1, 0.15) is 24.0 Å². The van der Waals surface area contributed by atoms with Crippen LogP contribution in [0.3, 0.4) is 0 Å². The van der Waals surface area contributed by atoms with Gasteiger partial charge in [0.1, 0.15) is 5.82 Å². The van der Waals surface area contributed by atoms with Gasteiger partial charge < -0.3 is 4.90 Å². The molecule has 1 aromatic rings. The molecule has 19 heavy (non-hydrogen) atoms. The molecular formula is C15H20FN3. The average Bonchev–Trinajstić information content (AvgIpc) is 2.75. The third-order valence-electron chi connectivity index (χ3n) is 3.55. The molecule has 0 aliphatic carbocycles. The van der Waals surface area contributed by atoms with Crippen LogP contribution in [0.4, 0.5) is 4.39 Å². The monoisotopic (exact) mass is 261 g/mol. The third-order valence-corrected chi connectivity index (χ3v) is 3.55. The van der Waals surface area contributed by atoms with Gasteiger partial charge >= 0.3 is 0 Å². The summed E-state index contributed by atoms with van der Waals surface area (Å²) in [6.45, 7) is 2.81. The molecule has 3 nitrogen and oxygen atoms in total. The first kappa shape index (κ1) is 14.0. The van der Waals surface area contributed by atoms with Gasteiger partial charge in [-0.15, -0.1) is 0 Å². The Bertz CT molecular complexity index is 479. The van der Waals surface area contributed by atoms with Gasteiger partial charge in [0.05, 0.1) is 11.6 Å². The highest BCUT2D eigenvalue weighted by Gasteiger charge is 2.24. The van der Waals surface area contributed by atoms with Gasteiger partial charge in [0.2, 0.25) is 0 Å². The van der Waals surface area contributed by atoms with Crippen molar-refractivity contribution in [3.8, 4) is 6.07 Å². The van der Waals surface area contributed by atoms with Gasteiger partial charge in [0.25, 0.3) is 0 Å². The van der Waals surface area contributed by atoms with Crippen molar-refractivity contribution in [2.24, 2.45) is 0 Å². The normalized spacial score (nSPS) is 19.8. The van der Waals surface area contributed by atoms with Crippen molar-refractivity contribution < 1.29 is 4.39 Å². The smallest absolute Gasteiger partial charge is 0.124 e. The summed E-state index contributed by atoms with van der Waals surface area (Å²) in [5, 5.41) is 8.88. The number of rotatable bonds is 4. The molecule has 0 aromatic heterocycles. The van der Waals surface area contributed by atoms with Crippen molar-refractivity contribution in [1.82, 2.24) is 9.80 Å². The fraction of sp³-hybridized carbons (Fsp3) is 0.533. The molecule has 1 atom stereocenters. The first-order valence-corrected chi connectivity index (χ1v) is 6.67. The molecule has 2 rings (SSSR count). The minimum absolute atomic E-state index is 0.322. The summed E-state index contributed by atoms with van der Waals surface area (Å²) in [6, 6.07) is 7.14. The molecule has 1 unspecified atom stereocenters. The largest absolute Gasteiger partial charge is 0.308 e. The van der Waals surface area contributed by atoms with Crippen LogP contribution in [0.2, 0.25) is 0 Å². The number of likely N-dealkylation sites (tertiary alicyclic amines) is 1. The van der Waals surface area contributed by atoms with Crippen molar-refractivity contribution in [3.05, 3.63) is 35.1 Å². The molecule has 1 fully saturated rings. The summed E-state index contributed by atoms with van der Waals surface area (Å²) in [7, 11) is 4.15. The second kappa shape index (κ2) is 6.14. The van der Waals surface area contributed by atoms with E-state index in [9.17, 15) is 4.39 Å². The average molecular weight is 261 g/mol. The maximum Gasteiger partial charge on any atom is 0.124 e. The van der Waals surface area contributed by atoms with Gasteiger partial charge in [-0.2, -0.15) is 5.26 Å². The molecule has 0 radical (unpaired) electrons. The minimum atomic E-state index is -0.322. The van der Waals surface area contributed by atoms with E-state index in [1.807, 2.05) is 6.07 Å². The number of likely N-dealkylation sites (N-methyl/N-ethyl adjacent to an activating group) is 1. The molecule has 1 saturated heterocycles. The van der Waals surface area contributed by atoms with Gasteiger partial charge in [-0.25, -0.2) is 4.39 Å². The molecular weight excluding hydrogens is 241 g/mol. The number of hydrogen-bond donors (Lipinski definition) is 0. The lowest BCUT2D eigenvalue weighted by Crippen LogP contribution is -2.37. The van der Waals surface area contributed by atoms with Crippen LogP contribution in [0.15, 0.2) is 18.2 Å². The lowest BCUT2D eigenvalue weighted by Gasteiger charge is -2.27. The topological polar surface area (TPSA) is 30.3 Å². The summed E-state index contributed by atoms with van der Waals surface area (Å²) in [5.41, 5.74) is 1.29. The van der Waals surface area contributed by atoms with Crippen LogP contribution >= 0.6 is 0 Å². The quantitative estimate of drug-likeness (QED) is 0.832. The summed E-state index contributed by atoms with van der Waals surface area (Å²) < 4.78 is 13.4. The maximum absolute atomic E-state index is 13.4. The van der Waals surface area contributed by atoms with Gasteiger partial charge in [0, 0.05) is 19.1 Å². The molecule has 1 aromatic carbocycles. The lowest BCUT2D eigenvalue weighted by molar-refractivity contribution is 0.201. The van der Waals surface area contributed by atoms with Crippen LogP contribution < -0.4 is 0 Å². The van der Waals surface area contributed by atoms with Crippen LogP contribution in [0, 0.1) is 17.1 Å². The van der Waals surface area contributed by atoms with E-state index in [1.165, 1.54) is 25.0 Å². The summed E-state index contributed by atoms with van der Waals surface area (Å²) >= 11 is 0. The molecule has 0 amide bonds.